The summed E-state index contributed by atoms with van der Waals surface area (Å²) in [5, 5.41) is 11.1. The third-order valence-corrected chi connectivity index (χ3v) is 2.13. The van der Waals surface area contributed by atoms with E-state index >= 15 is 0 Å². The Kier molecular flexibility index (Phi) is 6.48. The first-order valence-corrected chi connectivity index (χ1v) is 5.19. The molecule has 6 nitrogen and oxygen atoms in total. The van der Waals surface area contributed by atoms with Gasteiger partial charge in [0.1, 0.15) is 6.04 Å². The Morgan fingerprint density at radius 3 is 2.31 bits per heavy atom. The van der Waals surface area contributed by atoms with Crippen LogP contribution in [0.25, 0.3) is 0 Å². The largest absolute Gasteiger partial charge is 0.480 e. The van der Waals surface area contributed by atoms with Gasteiger partial charge in [0.25, 0.3) is 0 Å². The van der Waals surface area contributed by atoms with Gasteiger partial charge in [0.15, 0.2) is 0 Å². The molecule has 0 aromatic carbocycles. The number of ether oxygens (including phenoxy) is 1. The number of amides is 2. The summed E-state index contributed by atoms with van der Waals surface area (Å²) in [4.78, 5) is 23.8. The zero-order valence-electron chi connectivity index (χ0n) is 10.2. The average Bonchev–Trinajstić information content (AvgIpc) is 2.17. The quantitative estimate of drug-likeness (QED) is 0.700. The molecule has 0 aliphatic carbocycles. The van der Waals surface area contributed by atoms with Gasteiger partial charge in [0.05, 0.1) is 6.61 Å². The number of carboxylic acids is 1. The molecule has 6 heteroatoms. The van der Waals surface area contributed by atoms with E-state index in [2.05, 4.69) is 5.32 Å². The molecule has 16 heavy (non-hydrogen) atoms. The van der Waals surface area contributed by atoms with Gasteiger partial charge in [-0.05, 0) is 20.8 Å². The van der Waals surface area contributed by atoms with E-state index in [1.165, 1.54) is 11.8 Å². The predicted molar refractivity (Wildman–Crippen MR) is 59.3 cm³/mol. The number of hydrogen-bond donors (Lipinski definition) is 2. The maximum atomic E-state index is 11.7. The molecule has 2 N–H and O–H groups in total. The highest BCUT2D eigenvalue weighted by molar-refractivity contribution is 5.82. The molecule has 1 atom stereocenters. The molecule has 0 radical (unpaired) electrons. The predicted octanol–water partition coefficient (Wildman–Crippen LogP) is 0.526. The van der Waals surface area contributed by atoms with Crippen LogP contribution >= 0.6 is 0 Å². The number of carbonyl (C=O) groups is 2. The van der Waals surface area contributed by atoms with Crippen molar-refractivity contribution < 1.29 is 19.4 Å². The molecule has 94 valence electrons. The van der Waals surface area contributed by atoms with Crippen LogP contribution in [-0.2, 0) is 9.53 Å². The summed E-state index contributed by atoms with van der Waals surface area (Å²) < 4.78 is 4.89. The lowest BCUT2D eigenvalue weighted by Crippen LogP contribution is -2.50. The maximum Gasteiger partial charge on any atom is 0.325 e. The SMILES string of the molecule is COCCN(C(=O)NC(C)C(=O)O)C(C)C. The van der Waals surface area contributed by atoms with Crippen molar-refractivity contribution >= 4 is 12.0 Å². The van der Waals surface area contributed by atoms with E-state index in [-0.39, 0.29) is 12.1 Å². The summed E-state index contributed by atoms with van der Waals surface area (Å²) in [5.41, 5.74) is 0. The molecule has 0 spiro atoms. The molecule has 0 fully saturated rings. The lowest BCUT2D eigenvalue weighted by Gasteiger charge is -2.27. The number of hydrogen-bond acceptors (Lipinski definition) is 3. The number of carbonyl (C=O) groups excluding carboxylic acids is 1. The number of nitrogens with one attached hydrogen (secondary N) is 1. The van der Waals surface area contributed by atoms with Gasteiger partial charge in [-0.3, -0.25) is 4.79 Å². The third-order valence-electron chi connectivity index (χ3n) is 2.13. The number of aliphatic carboxylic acids is 1. The van der Waals surface area contributed by atoms with Crippen LogP contribution in [0.3, 0.4) is 0 Å². The van der Waals surface area contributed by atoms with Crippen LogP contribution in [0.4, 0.5) is 4.79 Å². The molecular formula is C10H20N2O4. The minimum Gasteiger partial charge on any atom is -0.480 e. The highest BCUT2D eigenvalue weighted by Crippen LogP contribution is 1.99. The summed E-state index contributed by atoms with van der Waals surface area (Å²) in [6.07, 6.45) is 0. The van der Waals surface area contributed by atoms with Crippen molar-refractivity contribution in [3.63, 3.8) is 0 Å². The smallest absolute Gasteiger partial charge is 0.325 e. The second-order valence-electron chi connectivity index (χ2n) is 3.79. The maximum absolute atomic E-state index is 11.7. The van der Waals surface area contributed by atoms with E-state index in [4.69, 9.17) is 9.84 Å². The van der Waals surface area contributed by atoms with E-state index in [0.29, 0.717) is 13.2 Å². The van der Waals surface area contributed by atoms with Crippen LogP contribution in [0.2, 0.25) is 0 Å². The number of carboxylic acid groups (broad SMARTS) is 1. The first-order chi connectivity index (χ1) is 7.40. The number of rotatable bonds is 6. The van der Waals surface area contributed by atoms with Gasteiger partial charge in [-0.2, -0.15) is 0 Å². The van der Waals surface area contributed by atoms with Crippen LogP contribution in [0.15, 0.2) is 0 Å². The van der Waals surface area contributed by atoms with Crippen LogP contribution in [-0.4, -0.2) is 54.4 Å². The fraction of sp³-hybridized carbons (Fsp3) is 0.800. The summed E-state index contributed by atoms with van der Waals surface area (Å²) in [5.74, 6) is -1.05. The second-order valence-corrected chi connectivity index (χ2v) is 3.79. The van der Waals surface area contributed by atoms with E-state index in [9.17, 15) is 9.59 Å². The van der Waals surface area contributed by atoms with Gasteiger partial charge >= 0.3 is 12.0 Å². The topological polar surface area (TPSA) is 78.9 Å². The van der Waals surface area contributed by atoms with Crippen LogP contribution in [0.1, 0.15) is 20.8 Å². The lowest BCUT2D eigenvalue weighted by atomic mass is 10.3. The van der Waals surface area contributed by atoms with Crippen LogP contribution in [0, 0.1) is 0 Å². The van der Waals surface area contributed by atoms with Gasteiger partial charge in [-0.15, -0.1) is 0 Å². The van der Waals surface area contributed by atoms with Gasteiger partial charge in [-0.1, -0.05) is 0 Å². The summed E-state index contributed by atoms with van der Waals surface area (Å²) in [6.45, 7) is 6.01. The van der Waals surface area contributed by atoms with Crippen molar-refractivity contribution in [3.8, 4) is 0 Å². The minimum absolute atomic E-state index is 0.00357. The summed E-state index contributed by atoms with van der Waals surface area (Å²) >= 11 is 0. The number of urea groups is 1. The van der Waals surface area contributed by atoms with E-state index in [1.54, 1.807) is 7.11 Å². The lowest BCUT2D eigenvalue weighted by molar-refractivity contribution is -0.138. The molecular weight excluding hydrogens is 212 g/mol. The summed E-state index contributed by atoms with van der Waals surface area (Å²) in [6, 6.07) is -1.28. The Bertz CT molecular complexity index is 243. The zero-order valence-corrected chi connectivity index (χ0v) is 10.2. The molecule has 1 unspecified atom stereocenters. The first-order valence-electron chi connectivity index (χ1n) is 5.19. The van der Waals surface area contributed by atoms with Crippen molar-refractivity contribution in [2.24, 2.45) is 0 Å². The first kappa shape index (κ1) is 14.7. The molecule has 2 amide bonds. The minimum atomic E-state index is -1.05. The van der Waals surface area contributed by atoms with E-state index in [0.717, 1.165) is 0 Å². The standard InChI is InChI=1S/C10H20N2O4/c1-7(2)12(5-6-16-4)10(15)11-8(3)9(13)14/h7-8H,5-6H2,1-4H3,(H,11,15)(H,13,14). The fourth-order valence-corrected chi connectivity index (χ4v) is 1.11. The molecule has 0 saturated carbocycles. The third kappa shape index (κ3) is 4.97. The summed E-state index contributed by atoms with van der Waals surface area (Å²) in [7, 11) is 1.55. The zero-order chi connectivity index (χ0) is 12.7. The molecule has 0 aromatic rings. The molecule has 0 bridgehead atoms. The fourth-order valence-electron chi connectivity index (χ4n) is 1.11. The van der Waals surface area contributed by atoms with Crippen LogP contribution in [0.5, 0.6) is 0 Å². The Morgan fingerprint density at radius 2 is 1.94 bits per heavy atom. The van der Waals surface area contributed by atoms with Crippen LogP contribution < -0.4 is 5.32 Å². The molecule has 0 rings (SSSR count). The van der Waals surface area contributed by atoms with Crippen molar-refractivity contribution in [2.75, 3.05) is 20.3 Å². The van der Waals surface area contributed by atoms with Gasteiger partial charge in [-0.25, -0.2) is 4.79 Å². The highest BCUT2D eigenvalue weighted by atomic mass is 16.5. The van der Waals surface area contributed by atoms with E-state index < -0.39 is 12.0 Å². The molecule has 0 saturated heterocycles. The molecule has 0 aliphatic heterocycles. The molecule has 0 aliphatic rings. The van der Waals surface area contributed by atoms with Crippen molar-refractivity contribution in [1.82, 2.24) is 10.2 Å². The Balaban J connectivity index is 4.32. The normalized spacial score (nSPS) is 12.3. The Hall–Kier alpha value is -1.30. The van der Waals surface area contributed by atoms with Crippen molar-refractivity contribution in [1.29, 1.82) is 0 Å². The Morgan fingerprint density at radius 1 is 1.38 bits per heavy atom. The number of methoxy groups -OCH3 is 1. The average molecular weight is 232 g/mol. The highest BCUT2D eigenvalue weighted by Gasteiger charge is 2.20. The van der Waals surface area contributed by atoms with Crippen molar-refractivity contribution in [2.45, 2.75) is 32.9 Å². The molecule has 0 heterocycles. The van der Waals surface area contributed by atoms with Crippen molar-refractivity contribution in [3.05, 3.63) is 0 Å². The Labute approximate surface area is 95.6 Å². The van der Waals surface area contributed by atoms with Gasteiger partial charge in [0, 0.05) is 19.7 Å². The van der Waals surface area contributed by atoms with Gasteiger partial charge < -0.3 is 20.1 Å². The van der Waals surface area contributed by atoms with Gasteiger partial charge in [0.2, 0.25) is 0 Å². The molecule has 0 aromatic heterocycles. The second kappa shape index (κ2) is 7.05. The van der Waals surface area contributed by atoms with E-state index in [1.807, 2.05) is 13.8 Å². The number of nitrogens with zero attached hydrogens (tertiary/aromatic N) is 1. The monoisotopic (exact) mass is 232 g/mol.